The van der Waals surface area contributed by atoms with E-state index in [9.17, 15) is 9.18 Å². The predicted octanol–water partition coefficient (Wildman–Crippen LogP) is 4.98. The number of hydrogen-bond acceptors (Lipinski definition) is 5. The molecule has 0 spiro atoms. The molecule has 4 nitrogen and oxygen atoms in total. The fourth-order valence-electron chi connectivity index (χ4n) is 1.88. The van der Waals surface area contributed by atoms with Gasteiger partial charge in [0.2, 0.25) is 5.13 Å². The number of nitrogens with zero attached hydrogens (tertiary/aromatic N) is 2. The van der Waals surface area contributed by atoms with Crippen molar-refractivity contribution in [3.05, 3.63) is 69.9 Å². The Labute approximate surface area is 154 Å². The van der Waals surface area contributed by atoms with E-state index in [-0.39, 0.29) is 5.91 Å². The van der Waals surface area contributed by atoms with Crippen molar-refractivity contribution < 1.29 is 9.18 Å². The normalized spacial score (nSPS) is 10.6. The third kappa shape index (κ3) is 4.40. The zero-order valence-electron chi connectivity index (χ0n) is 12.2. The molecule has 1 amide bonds. The highest BCUT2D eigenvalue weighted by Gasteiger charge is 2.14. The van der Waals surface area contributed by atoms with Crippen molar-refractivity contribution in [1.82, 2.24) is 10.2 Å². The first-order valence-corrected chi connectivity index (χ1v) is 9.48. The largest absolute Gasteiger partial charge is 0.296 e. The summed E-state index contributed by atoms with van der Waals surface area (Å²) in [6, 6.07) is 13.9. The molecule has 2 aromatic carbocycles. The number of benzene rings is 2. The summed E-state index contributed by atoms with van der Waals surface area (Å²) in [5.41, 5.74) is 1.53. The van der Waals surface area contributed by atoms with Crippen LogP contribution in [0.25, 0.3) is 0 Å². The first-order chi connectivity index (χ1) is 11.6. The van der Waals surface area contributed by atoms with Crippen molar-refractivity contribution in [2.24, 2.45) is 0 Å². The van der Waals surface area contributed by atoms with Crippen molar-refractivity contribution in [3.8, 4) is 0 Å². The molecule has 0 radical (unpaired) electrons. The van der Waals surface area contributed by atoms with Gasteiger partial charge in [-0.2, -0.15) is 0 Å². The molecule has 24 heavy (non-hydrogen) atoms. The van der Waals surface area contributed by atoms with Gasteiger partial charge in [-0.3, -0.25) is 10.1 Å². The smallest absolute Gasteiger partial charge is 0.258 e. The fraction of sp³-hybridized carbons (Fsp3) is 0.0625. The number of anilines is 1. The molecule has 0 bridgehead atoms. The lowest BCUT2D eigenvalue weighted by molar-refractivity contribution is 0.102. The molecule has 0 fully saturated rings. The molecule has 1 aromatic heterocycles. The van der Waals surface area contributed by atoms with Crippen LogP contribution in [0.15, 0.2) is 57.3 Å². The fourth-order valence-corrected chi connectivity index (χ4v) is 4.11. The number of amides is 1. The van der Waals surface area contributed by atoms with Crippen LogP contribution in [0.5, 0.6) is 0 Å². The van der Waals surface area contributed by atoms with Crippen LogP contribution in [0.4, 0.5) is 9.52 Å². The van der Waals surface area contributed by atoms with Crippen LogP contribution < -0.4 is 5.32 Å². The Morgan fingerprint density at radius 2 is 2.00 bits per heavy atom. The van der Waals surface area contributed by atoms with Gasteiger partial charge in [0, 0.05) is 10.2 Å². The molecule has 8 heteroatoms. The molecule has 0 aliphatic heterocycles. The first-order valence-electron chi connectivity index (χ1n) is 6.88. The predicted molar refractivity (Wildman–Crippen MR) is 98.0 cm³/mol. The van der Waals surface area contributed by atoms with Crippen LogP contribution in [-0.4, -0.2) is 16.1 Å². The third-order valence-corrected chi connectivity index (χ3v) is 5.71. The molecular formula is C16H11BrFN3OS2. The Hall–Kier alpha value is -1.77. The molecule has 0 aliphatic rings. The van der Waals surface area contributed by atoms with Gasteiger partial charge in [-0.1, -0.05) is 53.4 Å². The van der Waals surface area contributed by atoms with E-state index >= 15 is 0 Å². The Kier molecular flexibility index (Phi) is 5.60. The van der Waals surface area contributed by atoms with Crippen LogP contribution in [0.1, 0.15) is 15.9 Å². The highest BCUT2D eigenvalue weighted by atomic mass is 79.9. The minimum absolute atomic E-state index is 0.338. The Morgan fingerprint density at radius 3 is 2.75 bits per heavy atom. The van der Waals surface area contributed by atoms with Gasteiger partial charge in [-0.25, -0.2) is 4.39 Å². The Bertz CT molecular complexity index is 858. The van der Waals surface area contributed by atoms with E-state index in [0.717, 1.165) is 10.1 Å². The number of hydrogen-bond donors (Lipinski definition) is 1. The quantitative estimate of drug-likeness (QED) is 0.464. The van der Waals surface area contributed by atoms with Crippen LogP contribution in [-0.2, 0) is 5.75 Å². The van der Waals surface area contributed by atoms with Gasteiger partial charge in [0.1, 0.15) is 5.82 Å². The second-order valence-electron chi connectivity index (χ2n) is 4.73. The lowest BCUT2D eigenvalue weighted by Crippen LogP contribution is -2.12. The number of carbonyl (C=O) groups excluding carboxylic acids is 1. The maximum absolute atomic E-state index is 13.1. The van der Waals surface area contributed by atoms with E-state index in [1.165, 1.54) is 35.1 Å². The topological polar surface area (TPSA) is 54.9 Å². The van der Waals surface area contributed by atoms with E-state index in [2.05, 4.69) is 31.4 Å². The highest BCUT2D eigenvalue weighted by Crippen LogP contribution is 2.29. The summed E-state index contributed by atoms with van der Waals surface area (Å²) >= 11 is 6.04. The van der Waals surface area contributed by atoms with Gasteiger partial charge in [-0.15, -0.1) is 10.2 Å². The number of nitrogens with one attached hydrogen (secondary N) is 1. The first kappa shape index (κ1) is 17.1. The molecule has 0 aliphatic carbocycles. The van der Waals surface area contributed by atoms with Gasteiger partial charge >= 0.3 is 0 Å². The lowest BCUT2D eigenvalue weighted by atomic mass is 10.2. The van der Waals surface area contributed by atoms with Gasteiger partial charge in [0.25, 0.3) is 5.91 Å². The third-order valence-electron chi connectivity index (χ3n) is 3.01. The maximum Gasteiger partial charge on any atom is 0.258 e. The van der Waals surface area contributed by atoms with Gasteiger partial charge in [0.05, 0.1) is 5.56 Å². The molecule has 0 saturated heterocycles. The summed E-state index contributed by atoms with van der Waals surface area (Å²) < 4.78 is 14.2. The molecular weight excluding hydrogens is 413 g/mol. The SMILES string of the molecule is O=C(Nc1nnc(SCc2ccccc2)s1)c1ccc(F)cc1Br. The molecule has 3 rings (SSSR count). The van der Waals surface area contributed by atoms with Crippen LogP contribution in [0.3, 0.4) is 0 Å². The Balaban J connectivity index is 1.62. The summed E-state index contributed by atoms with van der Waals surface area (Å²) in [6.07, 6.45) is 0. The molecule has 0 saturated carbocycles. The number of halogens is 2. The number of thioether (sulfide) groups is 1. The van der Waals surface area contributed by atoms with Gasteiger partial charge < -0.3 is 0 Å². The zero-order valence-corrected chi connectivity index (χ0v) is 15.4. The number of aromatic nitrogens is 2. The van der Waals surface area contributed by atoms with E-state index in [1.54, 1.807) is 11.8 Å². The molecule has 0 unspecified atom stereocenters. The summed E-state index contributed by atoms with van der Waals surface area (Å²) in [6.45, 7) is 0. The van der Waals surface area contributed by atoms with Crippen molar-refractivity contribution in [2.45, 2.75) is 10.1 Å². The van der Waals surface area contributed by atoms with Crippen LogP contribution >= 0.6 is 39.0 Å². The maximum atomic E-state index is 13.1. The summed E-state index contributed by atoms with van der Waals surface area (Å²) in [4.78, 5) is 12.2. The molecule has 122 valence electrons. The second-order valence-corrected chi connectivity index (χ2v) is 7.78. The standard InChI is InChI=1S/C16H11BrFN3OS2/c17-13-8-11(18)6-7-12(13)14(22)19-15-20-21-16(24-15)23-9-10-4-2-1-3-5-10/h1-8H,9H2,(H,19,20,22). The summed E-state index contributed by atoms with van der Waals surface area (Å²) in [5, 5.41) is 11.1. The van der Waals surface area contributed by atoms with E-state index in [0.29, 0.717) is 15.2 Å². The summed E-state index contributed by atoms with van der Waals surface area (Å²) in [5.74, 6) is 0.0130. The van der Waals surface area contributed by atoms with Gasteiger partial charge in [-0.05, 0) is 39.7 Å². The summed E-state index contributed by atoms with van der Waals surface area (Å²) in [7, 11) is 0. The minimum atomic E-state index is -0.408. The van der Waals surface area contributed by atoms with Crippen LogP contribution in [0, 0.1) is 5.82 Å². The average Bonchev–Trinajstić information content (AvgIpc) is 3.01. The highest BCUT2D eigenvalue weighted by molar-refractivity contribution is 9.10. The molecule has 1 heterocycles. The number of rotatable bonds is 5. The van der Waals surface area contributed by atoms with E-state index in [4.69, 9.17) is 0 Å². The van der Waals surface area contributed by atoms with Crippen molar-refractivity contribution in [2.75, 3.05) is 5.32 Å². The molecule has 1 N–H and O–H groups in total. The molecule has 3 aromatic rings. The minimum Gasteiger partial charge on any atom is -0.296 e. The average molecular weight is 424 g/mol. The van der Waals surface area contributed by atoms with E-state index < -0.39 is 5.82 Å². The van der Waals surface area contributed by atoms with E-state index in [1.807, 2.05) is 30.3 Å². The Morgan fingerprint density at radius 1 is 1.21 bits per heavy atom. The van der Waals surface area contributed by atoms with Gasteiger partial charge in [0.15, 0.2) is 4.34 Å². The second kappa shape index (κ2) is 7.87. The van der Waals surface area contributed by atoms with Crippen molar-refractivity contribution in [1.29, 1.82) is 0 Å². The van der Waals surface area contributed by atoms with Crippen LogP contribution in [0.2, 0.25) is 0 Å². The van der Waals surface area contributed by atoms with Crippen molar-refractivity contribution in [3.63, 3.8) is 0 Å². The number of carbonyl (C=O) groups is 1. The molecule has 0 atom stereocenters. The lowest BCUT2D eigenvalue weighted by Gasteiger charge is -2.03. The zero-order chi connectivity index (χ0) is 16.9. The van der Waals surface area contributed by atoms with Crippen molar-refractivity contribution >= 4 is 50.1 Å². The monoisotopic (exact) mass is 423 g/mol.